The van der Waals surface area contributed by atoms with Crippen molar-refractivity contribution in [2.75, 3.05) is 19.6 Å². The monoisotopic (exact) mass is 303 g/mol. The highest BCUT2D eigenvalue weighted by Gasteiger charge is 2.34. The number of rotatable bonds is 5. The van der Waals surface area contributed by atoms with Gasteiger partial charge in [-0.05, 0) is 26.3 Å². The van der Waals surface area contributed by atoms with Gasteiger partial charge < -0.3 is 15.1 Å². The van der Waals surface area contributed by atoms with Crippen molar-refractivity contribution in [3.8, 4) is 0 Å². The zero-order valence-corrected chi connectivity index (χ0v) is 13.6. The molecule has 2 atom stereocenters. The molecule has 0 aromatic heterocycles. The third-order valence-corrected chi connectivity index (χ3v) is 4.29. The first-order valence-corrected chi connectivity index (χ1v) is 7.96. The van der Waals surface area contributed by atoms with Gasteiger partial charge in [0, 0.05) is 26.1 Å². The molecule has 1 fully saturated rings. The fraction of sp³-hybridized carbons (Fsp3) is 0.529. The van der Waals surface area contributed by atoms with Crippen molar-refractivity contribution in [2.45, 2.75) is 39.3 Å². The molecule has 120 valence electrons. The fourth-order valence-corrected chi connectivity index (χ4v) is 2.89. The average molecular weight is 303 g/mol. The van der Waals surface area contributed by atoms with Crippen LogP contribution in [0.4, 0.5) is 4.79 Å². The lowest BCUT2D eigenvalue weighted by Gasteiger charge is -2.26. The van der Waals surface area contributed by atoms with Gasteiger partial charge in [0.2, 0.25) is 5.91 Å². The van der Waals surface area contributed by atoms with E-state index in [1.165, 1.54) is 0 Å². The van der Waals surface area contributed by atoms with Gasteiger partial charge in [-0.15, -0.1) is 0 Å². The number of urea groups is 1. The number of benzene rings is 1. The molecule has 1 aliphatic heterocycles. The normalized spacial score (nSPS) is 19.1. The molecule has 0 aliphatic carbocycles. The van der Waals surface area contributed by atoms with E-state index in [0.29, 0.717) is 26.1 Å². The lowest BCUT2D eigenvalue weighted by atomic mass is 10.1. The number of nitrogens with zero attached hydrogens (tertiary/aromatic N) is 2. The van der Waals surface area contributed by atoms with E-state index in [1.807, 2.05) is 56.0 Å². The molecule has 0 bridgehead atoms. The summed E-state index contributed by atoms with van der Waals surface area (Å²) < 4.78 is 0. The molecule has 1 N–H and O–H groups in total. The third kappa shape index (κ3) is 3.59. The summed E-state index contributed by atoms with van der Waals surface area (Å²) in [7, 11) is 0. The summed E-state index contributed by atoms with van der Waals surface area (Å²) in [5.41, 5.74) is 1.12. The number of likely N-dealkylation sites (tertiary alicyclic amines) is 1. The molecule has 1 aromatic carbocycles. The highest BCUT2D eigenvalue weighted by Crippen LogP contribution is 2.25. The maximum atomic E-state index is 12.3. The number of nitrogens with one attached hydrogen (secondary N) is 1. The van der Waals surface area contributed by atoms with Crippen LogP contribution in [0.15, 0.2) is 30.3 Å². The van der Waals surface area contributed by atoms with Gasteiger partial charge in [-0.3, -0.25) is 4.79 Å². The van der Waals surface area contributed by atoms with Crippen molar-refractivity contribution in [2.24, 2.45) is 0 Å². The zero-order valence-electron chi connectivity index (χ0n) is 13.6. The summed E-state index contributed by atoms with van der Waals surface area (Å²) in [6.45, 7) is 7.85. The van der Waals surface area contributed by atoms with E-state index >= 15 is 0 Å². The smallest absolute Gasteiger partial charge is 0.317 e. The summed E-state index contributed by atoms with van der Waals surface area (Å²) >= 11 is 0. The highest BCUT2D eigenvalue weighted by molar-refractivity contribution is 5.82. The number of carbonyl (C=O) groups is 2. The molecule has 0 saturated carbocycles. The Hall–Kier alpha value is -2.04. The molecular formula is C17H25N3O2. The lowest BCUT2D eigenvalue weighted by Crippen LogP contribution is -2.45. The van der Waals surface area contributed by atoms with Crippen LogP contribution < -0.4 is 5.32 Å². The molecule has 0 spiro atoms. The quantitative estimate of drug-likeness (QED) is 0.908. The number of hydrogen-bond acceptors (Lipinski definition) is 2. The van der Waals surface area contributed by atoms with Gasteiger partial charge in [-0.25, -0.2) is 4.79 Å². The lowest BCUT2D eigenvalue weighted by molar-refractivity contribution is -0.129. The van der Waals surface area contributed by atoms with Crippen molar-refractivity contribution in [1.82, 2.24) is 15.1 Å². The van der Waals surface area contributed by atoms with E-state index in [1.54, 1.807) is 4.90 Å². The minimum Gasteiger partial charge on any atom is -0.334 e. The second-order valence-corrected chi connectivity index (χ2v) is 5.66. The summed E-state index contributed by atoms with van der Waals surface area (Å²) in [6.07, 6.45) is 0.379. The average Bonchev–Trinajstić information content (AvgIpc) is 2.89. The molecule has 3 amide bonds. The van der Waals surface area contributed by atoms with Crippen LogP contribution in [0.5, 0.6) is 0 Å². The van der Waals surface area contributed by atoms with Crippen LogP contribution in [-0.4, -0.2) is 47.4 Å². The molecule has 1 saturated heterocycles. The Labute approximate surface area is 132 Å². The molecule has 5 nitrogen and oxygen atoms in total. The van der Waals surface area contributed by atoms with Crippen LogP contribution in [0.3, 0.4) is 0 Å². The topological polar surface area (TPSA) is 52.7 Å². The van der Waals surface area contributed by atoms with Gasteiger partial charge in [0.1, 0.15) is 0 Å². The minimum atomic E-state index is -0.105. The van der Waals surface area contributed by atoms with Crippen molar-refractivity contribution in [3.05, 3.63) is 35.9 Å². The van der Waals surface area contributed by atoms with E-state index in [4.69, 9.17) is 0 Å². The van der Waals surface area contributed by atoms with Gasteiger partial charge in [0.25, 0.3) is 0 Å². The maximum Gasteiger partial charge on any atom is 0.317 e. The molecule has 1 aromatic rings. The van der Waals surface area contributed by atoms with E-state index in [2.05, 4.69) is 5.32 Å². The van der Waals surface area contributed by atoms with Crippen molar-refractivity contribution >= 4 is 11.9 Å². The summed E-state index contributed by atoms with van der Waals surface area (Å²) in [5, 5.41) is 2.97. The predicted molar refractivity (Wildman–Crippen MR) is 86.4 cm³/mol. The predicted octanol–water partition coefficient (Wildman–Crippen LogP) is 2.40. The second-order valence-electron chi connectivity index (χ2n) is 5.66. The second kappa shape index (κ2) is 7.29. The van der Waals surface area contributed by atoms with Crippen LogP contribution in [-0.2, 0) is 4.79 Å². The highest BCUT2D eigenvalue weighted by atomic mass is 16.2. The van der Waals surface area contributed by atoms with E-state index in [9.17, 15) is 9.59 Å². The molecule has 0 radical (unpaired) electrons. The van der Waals surface area contributed by atoms with Gasteiger partial charge in [-0.2, -0.15) is 0 Å². The standard InChI is InChI=1S/C17H25N3O2/c1-4-19(5-2)17(22)18-15-11-16(21)20(12-15)13(3)14-9-7-6-8-10-14/h6-10,13,15H,4-5,11-12H2,1-3H3,(H,18,22). The molecule has 1 aliphatic rings. The molecular weight excluding hydrogens is 278 g/mol. The first kappa shape index (κ1) is 16.3. The summed E-state index contributed by atoms with van der Waals surface area (Å²) in [4.78, 5) is 27.9. The largest absolute Gasteiger partial charge is 0.334 e. The van der Waals surface area contributed by atoms with Crippen LogP contribution in [0.25, 0.3) is 0 Å². The van der Waals surface area contributed by atoms with Crippen LogP contribution in [0.2, 0.25) is 0 Å². The van der Waals surface area contributed by atoms with Gasteiger partial charge in [0.15, 0.2) is 0 Å². The van der Waals surface area contributed by atoms with E-state index < -0.39 is 0 Å². The van der Waals surface area contributed by atoms with Crippen LogP contribution in [0.1, 0.15) is 38.8 Å². The Morgan fingerprint density at radius 2 is 1.95 bits per heavy atom. The molecule has 5 heteroatoms. The maximum absolute atomic E-state index is 12.3. The summed E-state index contributed by atoms with van der Waals surface area (Å²) in [5.74, 6) is 0.0983. The van der Waals surface area contributed by atoms with E-state index in [0.717, 1.165) is 5.56 Å². The molecule has 2 unspecified atom stereocenters. The van der Waals surface area contributed by atoms with E-state index in [-0.39, 0.29) is 24.0 Å². The fourth-order valence-electron chi connectivity index (χ4n) is 2.89. The van der Waals surface area contributed by atoms with Gasteiger partial charge in [-0.1, -0.05) is 30.3 Å². The summed E-state index contributed by atoms with van der Waals surface area (Å²) in [6, 6.07) is 9.82. The number of amides is 3. The third-order valence-electron chi connectivity index (χ3n) is 4.29. The Balaban J connectivity index is 1.97. The van der Waals surface area contributed by atoms with Crippen molar-refractivity contribution in [1.29, 1.82) is 0 Å². The molecule has 22 heavy (non-hydrogen) atoms. The molecule has 1 heterocycles. The number of carbonyl (C=O) groups excluding carboxylic acids is 2. The van der Waals surface area contributed by atoms with Crippen molar-refractivity contribution < 1.29 is 9.59 Å². The zero-order chi connectivity index (χ0) is 16.1. The van der Waals surface area contributed by atoms with Crippen LogP contribution >= 0.6 is 0 Å². The van der Waals surface area contributed by atoms with Gasteiger partial charge in [0.05, 0.1) is 12.1 Å². The first-order chi connectivity index (χ1) is 10.6. The Bertz CT molecular complexity index is 514. The number of hydrogen-bond donors (Lipinski definition) is 1. The minimum absolute atomic E-state index is 0.0315. The first-order valence-electron chi connectivity index (χ1n) is 7.96. The van der Waals surface area contributed by atoms with Crippen LogP contribution in [0, 0.1) is 0 Å². The Morgan fingerprint density at radius 3 is 2.55 bits per heavy atom. The Kier molecular flexibility index (Phi) is 5.41. The van der Waals surface area contributed by atoms with Gasteiger partial charge >= 0.3 is 6.03 Å². The van der Waals surface area contributed by atoms with Crippen molar-refractivity contribution in [3.63, 3.8) is 0 Å². The Morgan fingerprint density at radius 1 is 1.32 bits per heavy atom. The SMILES string of the molecule is CCN(CC)C(=O)NC1CC(=O)N(C(C)c2ccccc2)C1. The molecule has 2 rings (SSSR count).